The smallest absolute Gasteiger partial charge is 0.127 e. The van der Waals surface area contributed by atoms with Crippen molar-refractivity contribution in [1.82, 2.24) is 4.98 Å². The van der Waals surface area contributed by atoms with Crippen molar-refractivity contribution in [2.45, 2.75) is 25.3 Å². The number of nitrogens with zero attached hydrogens (tertiary/aromatic N) is 1. The van der Waals surface area contributed by atoms with E-state index in [1.807, 2.05) is 30.6 Å². The van der Waals surface area contributed by atoms with Crippen molar-refractivity contribution in [3.8, 4) is 0 Å². The molecule has 2 aromatic heterocycles. The van der Waals surface area contributed by atoms with Gasteiger partial charge >= 0.3 is 0 Å². The van der Waals surface area contributed by atoms with Crippen molar-refractivity contribution in [3.63, 3.8) is 0 Å². The van der Waals surface area contributed by atoms with Crippen molar-refractivity contribution < 1.29 is 0 Å². The zero-order valence-corrected chi connectivity index (χ0v) is 11.3. The minimum absolute atomic E-state index is 0.451. The van der Waals surface area contributed by atoms with E-state index >= 15 is 0 Å². The number of hydrogen-bond acceptors (Lipinski definition) is 4. The Labute approximate surface area is 111 Å². The molecule has 1 aliphatic rings. The van der Waals surface area contributed by atoms with Gasteiger partial charge < -0.3 is 10.6 Å². The Morgan fingerprint density at radius 2 is 2.33 bits per heavy atom. The molecule has 1 aliphatic carbocycles. The highest BCUT2D eigenvalue weighted by Gasteiger charge is 2.20. The number of nitrogens with one attached hydrogen (secondary N) is 2. The molecule has 1 unspecified atom stereocenters. The van der Waals surface area contributed by atoms with Gasteiger partial charge in [-0.05, 0) is 42.3 Å². The predicted octanol–water partition coefficient (Wildman–Crippen LogP) is 3.67. The van der Waals surface area contributed by atoms with Crippen LogP contribution in [0.3, 0.4) is 0 Å². The molecule has 94 valence electrons. The number of hydrogen-bond donors (Lipinski definition) is 2. The number of fused-ring (bicyclic) bond motifs is 1. The lowest BCUT2D eigenvalue weighted by atomic mass is 9.94. The molecule has 0 saturated carbocycles. The highest BCUT2D eigenvalue weighted by molar-refractivity contribution is 7.10. The number of pyridine rings is 1. The molecule has 0 amide bonds. The summed E-state index contributed by atoms with van der Waals surface area (Å²) in [5.74, 6) is 0.904. The fourth-order valence-electron chi connectivity index (χ4n) is 2.49. The Morgan fingerprint density at radius 1 is 1.39 bits per heavy atom. The summed E-state index contributed by atoms with van der Waals surface area (Å²) in [7, 11) is 1.89. The average Bonchev–Trinajstić information content (AvgIpc) is 2.88. The molecule has 0 bridgehead atoms. The van der Waals surface area contributed by atoms with E-state index in [1.54, 1.807) is 4.88 Å². The van der Waals surface area contributed by atoms with Gasteiger partial charge in [0.05, 0.1) is 6.04 Å². The highest BCUT2D eigenvalue weighted by atomic mass is 32.1. The molecule has 2 heterocycles. The van der Waals surface area contributed by atoms with Gasteiger partial charge in [-0.25, -0.2) is 4.98 Å². The zero-order valence-electron chi connectivity index (χ0n) is 10.4. The lowest BCUT2D eigenvalue weighted by molar-refractivity contribution is 0.609. The molecule has 0 saturated heterocycles. The Balaban J connectivity index is 1.81. The molecular weight excluding hydrogens is 242 g/mol. The van der Waals surface area contributed by atoms with Crippen LogP contribution >= 0.6 is 11.3 Å². The zero-order chi connectivity index (χ0) is 12.4. The van der Waals surface area contributed by atoms with E-state index in [9.17, 15) is 0 Å². The van der Waals surface area contributed by atoms with Gasteiger partial charge in [-0.2, -0.15) is 0 Å². The van der Waals surface area contributed by atoms with Crippen LogP contribution in [0.15, 0.2) is 29.8 Å². The summed E-state index contributed by atoms with van der Waals surface area (Å²) in [6.45, 7) is 0. The number of aromatic nitrogens is 1. The third-order valence-corrected chi connectivity index (χ3v) is 4.41. The first-order valence-electron chi connectivity index (χ1n) is 6.33. The van der Waals surface area contributed by atoms with Crippen molar-refractivity contribution in [2.24, 2.45) is 0 Å². The summed E-state index contributed by atoms with van der Waals surface area (Å²) in [6, 6.07) is 6.80. The van der Waals surface area contributed by atoms with Crippen LogP contribution < -0.4 is 10.6 Å². The Kier molecular flexibility index (Phi) is 3.19. The highest BCUT2D eigenvalue weighted by Crippen LogP contribution is 2.35. The third kappa shape index (κ3) is 2.20. The monoisotopic (exact) mass is 259 g/mol. The van der Waals surface area contributed by atoms with Crippen molar-refractivity contribution in [2.75, 3.05) is 17.7 Å². The molecule has 3 rings (SSSR count). The summed E-state index contributed by atoms with van der Waals surface area (Å²) in [4.78, 5) is 5.78. The standard InChI is InChI=1S/C14H17N3S/c1-15-14-9-10(5-7-16-14)17-12-3-2-4-13-11(12)6-8-18-13/h5-9,12H,2-4H2,1H3,(H2,15,16,17). The first kappa shape index (κ1) is 11.5. The lowest BCUT2D eigenvalue weighted by Crippen LogP contribution is -2.15. The van der Waals surface area contributed by atoms with Crippen LogP contribution in [0.25, 0.3) is 0 Å². The van der Waals surface area contributed by atoms with Gasteiger partial charge in [-0.3, -0.25) is 0 Å². The fourth-order valence-corrected chi connectivity index (χ4v) is 3.48. The van der Waals surface area contributed by atoms with Gasteiger partial charge in [0.15, 0.2) is 0 Å². The van der Waals surface area contributed by atoms with Gasteiger partial charge in [0, 0.05) is 29.9 Å². The first-order chi connectivity index (χ1) is 8.86. The van der Waals surface area contributed by atoms with E-state index in [1.165, 1.54) is 24.8 Å². The molecule has 0 aromatic carbocycles. The topological polar surface area (TPSA) is 37.0 Å². The summed E-state index contributed by atoms with van der Waals surface area (Å²) >= 11 is 1.88. The van der Waals surface area contributed by atoms with Crippen LogP contribution in [0, 0.1) is 0 Å². The second-order valence-corrected chi connectivity index (χ2v) is 5.57. The van der Waals surface area contributed by atoms with Gasteiger partial charge in [-0.1, -0.05) is 0 Å². The molecule has 2 aromatic rings. The van der Waals surface area contributed by atoms with Crippen LogP contribution in [0.5, 0.6) is 0 Å². The number of aryl methyl sites for hydroxylation is 1. The van der Waals surface area contributed by atoms with Crippen LogP contribution in [0.4, 0.5) is 11.5 Å². The van der Waals surface area contributed by atoms with Crippen LogP contribution in [0.2, 0.25) is 0 Å². The number of anilines is 2. The van der Waals surface area contributed by atoms with Gasteiger partial charge in [0.25, 0.3) is 0 Å². The van der Waals surface area contributed by atoms with Crippen molar-refractivity contribution in [1.29, 1.82) is 0 Å². The SMILES string of the molecule is CNc1cc(NC2CCCc3sccc32)ccn1. The molecular formula is C14H17N3S. The minimum Gasteiger partial charge on any atom is -0.378 e. The molecule has 4 heteroatoms. The lowest BCUT2D eigenvalue weighted by Gasteiger charge is -2.24. The maximum absolute atomic E-state index is 4.24. The van der Waals surface area contributed by atoms with E-state index in [4.69, 9.17) is 0 Å². The van der Waals surface area contributed by atoms with E-state index in [2.05, 4.69) is 33.1 Å². The summed E-state index contributed by atoms with van der Waals surface area (Å²) in [6.07, 6.45) is 5.56. The molecule has 1 atom stereocenters. The number of rotatable bonds is 3. The molecule has 0 fully saturated rings. The molecule has 0 radical (unpaired) electrons. The van der Waals surface area contributed by atoms with E-state index in [0.717, 1.165) is 11.5 Å². The normalized spacial score (nSPS) is 18.2. The quantitative estimate of drug-likeness (QED) is 0.883. The Hall–Kier alpha value is -1.55. The second kappa shape index (κ2) is 4.98. The van der Waals surface area contributed by atoms with Crippen molar-refractivity contribution in [3.05, 3.63) is 40.2 Å². The van der Waals surface area contributed by atoms with Crippen LogP contribution in [-0.4, -0.2) is 12.0 Å². The second-order valence-electron chi connectivity index (χ2n) is 4.57. The van der Waals surface area contributed by atoms with Gasteiger partial charge in [0.1, 0.15) is 5.82 Å². The number of thiophene rings is 1. The van der Waals surface area contributed by atoms with Gasteiger partial charge in [0.2, 0.25) is 0 Å². The third-order valence-electron chi connectivity index (χ3n) is 3.41. The summed E-state index contributed by atoms with van der Waals surface area (Å²) in [5, 5.41) is 8.90. The Morgan fingerprint density at radius 3 is 3.22 bits per heavy atom. The average molecular weight is 259 g/mol. The largest absolute Gasteiger partial charge is 0.378 e. The minimum atomic E-state index is 0.451. The first-order valence-corrected chi connectivity index (χ1v) is 7.21. The molecule has 0 spiro atoms. The molecule has 2 N–H and O–H groups in total. The summed E-state index contributed by atoms with van der Waals surface area (Å²) in [5.41, 5.74) is 2.62. The molecule has 0 aliphatic heterocycles. The van der Waals surface area contributed by atoms with Gasteiger partial charge in [-0.15, -0.1) is 11.3 Å². The van der Waals surface area contributed by atoms with E-state index in [0.29, 0.717) is 6.04 Å². The predicted molar refractivity (Wildman–Crippen MR) is 77.4 cm³/mol. The molecule has 18 heavy (non-hydrogen) atoms. The van der Waals surface area contributed by atoms with E-state index < -0.39 is 0 Å². The fraction of sp³-hybridized carbons (Fsp3) is 0.357. The maximum atomic E-state index is 4.24. The van der Waals surface area contributed by atoms with E-state index in [-0.39, 0.29) is 0 Å². The molecule has 3 nitrogen and oxygen atoms in total. The van der Waals surface area contributed by atoms with Crippen LogP contribution in [-0.2, 0) is 6.42 Å². The Bertz CT molecular complexity index is 535. The van der Waals surface area contributed by atoms with Crippen LogP contribution in [0.1, 0.15) is 29.3 Å². The summed E-state index contributed by atoms with van der Waals surface area (Å²) < 4.78 is 0. The maximum Gasteiger partial charge on any atom is 0.127 e. The van der Waals surface area contributed by atoms with Crippen molar-refractivity contribution >= 4 is 22.8 Å².